The second kappa shape index (κ2) is 38.7. The number of esters is 1. The number of hydrogen-bond acceptors (Lipinski definition) is 11. The van der Waals surface area contributed by atoms with Crippen molar-refractivity contribution in [3.8, 4) is 0 Å². The molecule has 0 saturated carbocycles. The SMILES string of the molecule is C=C(CCN(CCC(=O)OC(CC)CSSSCCCCCCCCCC)CCN(C)CCC)OC(C)CSSSCCCCCCCC. The highest BCUT2D eigenvalue weighted by Crippen LogP contribution is 2.37. The number of carbonyl (C=O) groups excluding carboxylic acids is 1. The highest BCUT2D eigenvalue weighted by molar-refractivity contribution is 9.09. The van der Waals surface area contributed by atoms with Crippen molar-refractivity contribution < 1.29 is 14.3 Å². The molecule has 292 valence electrons. The zero-order valence-corrected chi connectivity index (χ0v) is 37.4. The molecule has 5 nitrogen and oxygen atoms in total. The minimum atomic E-state index is -0.0801. The van der Waals surface area contributed by atoms with Gasteiger partial charge < -0.3 is 19.3 Å². The van der Waals surface area contributed by atoms with Gasteiger partial charge in [0, 0.05) is 55.6 Å². The summed E-state index contributed by atoms with van der Waals surface area (Å²) in [4.78, 5) is 17.6. The lowest BCUT2D eigenvalue weighted by molar-refractivity contribution is -0.148. The van der Waals surface area contributed by atoms with E-state index in [1.807, 2.05) is 62.8 Å². The zero-order valence-electron chi connectivity index (χ0n) is 32.5. The number of nitrogens with zero attached hydrogens (tertiary/aromatic N) is 2. The normalized spacial score (nSPS) is 12.9. The molecule has 0 amide bonds. The van der Waals surface area contributed by atoms with E-state index in [1.165, 1.54) is 101 Å². The van der Waals surface area contributed by atoms with Crippen LogP contribution in [-0.4, -0.2) is 90.8 Å². The van der Waals surface area contributed by atoms with Crippen LogP contribution in [0.1, 0.15) is 150 Å². The van der Waals surface area contributed by atoms with Crippen molar-refractivity contribution in [3.05, 3.63) is 12.3 Å². The molecule has 2 atom stereocenters. The van der Waals surface area contributed by atoms with Crippen molar-refractivity contribution in [2.45, 2.75) is 162 Å². The quantitative estimate of drug-likeness (QED) is 0.0258. The Labute approximate surface area is 328 Å². The second-order valence-corrected chi connectivity index (χ2v) is 22.0. The molecule has 0 bridgehead atoms. The lowest BCUT2D eigenvalue weighted by atomic mass is 10.1. The topological polar surface area (TPSA) is 42.0 Å². The molecule has 0 N–H and O–H groups in total. The number of carbonyl (C=O) groups is 1. The van der Waals surface area contributed by atoms with Crippen LogP contribution in [0.3, 0.4) is 0 Å². The fourth-order valence-electron chi connectivity index (χ4n) is 5.13. The summed E-state index contributed by atoms with van der Waals surface area (Å²) in [6.45, 7) is 19.8. The van der Waals surface area contributed by atoms with E-state index < -0.39 is 0 Å². The van der Waals surface area contributed by atoms with E-state index in [0.29, 0.717) is 13.0 Å². The first kappa shape index (κ1) is 50.0. The standard InChI is InChI=1S/C38H76N2O3S6/c1-8-12-14-16-18-19-21-23-32-45-49-47-34-37(11-4)43-38(41)25-28-40(30-29-39(7)26-10-3)27-24-35(5)42-36(6)33-46-48-44-31-22-20-17-15-13-9-2/h36-37H,5,8-34H2,1-4,6-7H3. The highest BCUT2D eigenvalue weighted by atomic mass is 33.5. The number of rotatable bonds is 39. The molecule has 0 spiro atoms. The third-order valence-corrected chi connectivity index (χ3v) is 17.1. The molecule has 0 saturated heterocycles. The smallest absolute Gasteiger partial charge is 0.307 e. The highest BCUT2D eigenvalue weighted by Gasteiger charge is 2.16. The van der Waals surface area contributed by atoms with Crippen LogP contribution in [-0.2, 0) is 14.3 Å². The van der Waals surface area contributed by atoms with Gasteiger partial charge in [0.15, 0.2) is 0 Å². The molecule has 0 heterocycles. The molecular weight excluding hydrogens is 725 g/mol. The third kappa shape index (κ3) is 35.8. The van der Waals surface area contributed by atoms with Crippen LogP contribution in [0.15, 0.2) is 12.3 Å². The number of likely N-dealkylation sites (N-methyl/N-ethyl adjacent to an activating group) is 1. The fraction of sp³-hybridized carbons (Fsp3) is 0.921. The van der Waals surface area contributed by atoms with Crippen molar-refractivity contribution in [1.82, 2.24) is 9.80 Å². The average Bonchev–Trinajstić information content (AvgIpc) is 3.08. The van der Waals surface area contributed by atoms with Gasteiger partial charge in [-0.15, -0.1) is 0 Å². The molecule has 0 aromatic heterocycles. The molecule has 0 aromatic rings. The summed E-state index contributed by atoms with van der Waals surface area (Å²) < 4.78 is 12.1. The predicted molar refractivity (Wildman–Crippen MR) is 234 cm³/mol. The Balaban J connectivity index is 4.31. The molecule has 0 fully saturated rings. The monoisotopic (exact) mass is 800 g/mol. The van der Waals surface area contributed by atoms with Gasteiger partial charge in [0.1, 0.15) is 12.2 Å². The third-order valence-electron chi connectivity index (χ3n) is 8.28. The molecule has 0 aromatic carbocycles. The van der Waals surface area contributed by atoms with E-state index in [9.17, 15) is 4.79 Å². The Kier molecular flexibility index (Phi) is 39.6. The maximum atomic E-state index is 12.9. The van der Waals surface area contributed by atoms with E-state index >= 15 is 0 Å². The lowest BCUT2D eigenvalue weighted by Crippen LogP contribution is -2.36. The molecular formula is C38H76N2O3S6. The van der Waals surface area contributed by atoms with E-state index in [2.05, 4.69) is 58.0 Å². The van der Waals surface area contributed by atoms with Crippen molar-refractivity contribution in [1.29, 1.82) is 0 Å². The Morgan fingerprint density at radius 2 is 1.14 bits per heavy atom. The molecule has 49 heavy (non-hydrogen) atoms. The Morgan fingerprint density at radius 1 is 0.612 bits per heavy atom. The predicted octanol–water partition coefficient (Wildman–Crippen LogP) is 13.2. The maximum absolute atomic E-state index is 12.9. The van der Waals surface area contributed by atoms with Gasteiger partial charge in [0.2, 0.25) is 0 Å². The van der Waals surface area contributed by atoms with Crippen LogP contribution in [0, 0.1) is 0 Å². The van der Waals surface area contributed by atoms with Gasteiger partial charge in [-0.1, -0.05) is 154 Å². The summed E-state index contributed by atoms with van der Waals surface area (Å²) in [7, 11) is 13.6. The van der Waals surface area contributed by atoms with Gasteiger partial charge in [-0.3, -0.25) is 4.79 Å². The number of ether oxygens (including phenoxy) is 2. The van der Waals surface area contributed by atoms with Crippen molar-refractivity contribution >= 4 is 68.8 Å². The van der Waals surface area contributed by atoms with Gasteiger partial charge in [0.05, 0.1) is 12.2 Å². The molecule has 2 unspecified atom stereocenters. The van der Waals surface area contributed by atoms with Gasteiger partial charge in [-0.25, -0.2) is 0 Å². The fourth-order valence-corrected chi connectivity index (χ4v) is 13.2. The summed E-state index contributed by atoms with van der Waals surface area (Å²) in [6, 6.07) is 0. The van der Waals surface area contributed by atoms with Crippen molar-refractivity contribution in [2.75, 3.05) is 62.8 Å². The van der Waals surface area contributed by atoms with E-state index in [1.54, 1.807) is 0 Å². The first-order valence-electron chi connectivity index (χ1n) is 19.6. The first-order valence-corrected chi connectivity index (χ1v) is 27.3. The van der Waals surface area contributed by atoms with Gasteiger partial charge >= 0.3 is 5.97 Å². The molecule has 0 rings (SSSR count). The van der Waals surface area contributed by atoms with Crippen LogP contribution in [0.4, 0.5) is 0 Å². The van der Waals surface area contributed by atoms with E-state index in [-0.39, 0.29) is 18.2 Å². The first-order chi connectivity index (χ1) is 23.9. The van der Waals surface area contributed by atoms with Crippen molar-refractivity contribution in [2.24, 2.45) is 0 Å². The van der Waals surface area contributed by atoms with Crippen LogP contribution in [0.5, 0.6) is 0 Å². The zero-order chi connectivity index (χ0) is 36.2. The summed E-state index contributed by atoms with van der Waals surface area (Å²) in [5.74, 6) is 5.01. The van der Waals surface area contributed by atoms with Gasteiger partial charge in [0.25, 0.3) is 0 Å². The minimum absolute atomic E-state index is 0.0162. The summed E-state index contributed by atoms with van der Waals surface area (Å²) in [5.41, 5.74) is 0. The lowest BCUT2D eigenvalue weighted by Gasteiger charge is -2.26. The van der Waals surface area contributed by atoms with Crippen LogP contribution in [0.25, 0.3) is 0 Å². The van der Waals surface area contributed by atoms with Gasteiger partial charge in [-0.2, -0.15) is 0 Å². The Morgan fingerprint density at radius 3 is 1.69 bits per heavy atom. The molecule has 11 heteroatoms. The molecule has 0 aliphatic rings. The largest absolute Gasteiger partial charge is 0.495 e. The Bertz CT molecular complexity index is 740. The summed E-state index contributed by atoms with van der Waals surface area (Å²) >= 11 is 0. The molecule has 0 radical (unpaired) electrons. The van der Waals surface area contributed by atoms with Gasteiger partial charge in [-0.05, 0) is 65.9 Å². The number of unbranched alkanes of at least 4 members (excludes halogenated alkanes) is 12. The summed E-state index contributed by atoms with van der Waals surface area (Å²) in [6.07, 6.45) is 22.4. The molecule has 0 aliphatic heterocycles. The molecule has 0 aliphatic carbocycles. The second-order valence-electron chi connectivity index (χ2n) is 13.2. The maximum Gasteiger partial charge on any atom is 0.307 e. The van der Waals surface area contributed by atoms with E-state index in [4.69, 9.17) is 9.47 Å². The average molecular weight is 801 g/mol. The van der Waals surface area contributed by atoms with Crippen LogP contribution in [0.2, 0.25) is 0 Å². The minimum Gasteiger partial charge on any atom is -0.495 e. The Hall–Kier alpha value is 1.03. The number of hydrogen-bond donors (Lipinski definition) is 0. The van der Waals surface area contributed by atoms with Crippen LogP contribution >= 0.6 is 62.8 Å². The van der Waals surface area contributed by atoms with Crippen molar-refractivity contribution in [3.63, 3.8) is 0 Å². The van der Waals surface area contributed by atoms with Crippen LogP contribution < -0.4 is 0 Å². The summed E-state index contributed by atoms with van der Waals surface area (Å²) in [5, 5.41) is 0. The van der Waals surface area contributed by atoms with E-state index in [0.717, 1.165) is 62.7 Å².